The van der Waals surface area contributed by atoms with Gasteiger partial charge in [0.15, 0.2) is 5.76 Å². The summed E-state index contributed by atoms with van der Waals surface area (Å²) in [5.74, 6) is 2.17. The number of anilines is 1. The number of ether oxygens (including phenoxy) is 1. The van der Waals surface area contributed by atoms with Crippen molar-refractivity contribution in [2.45, 2.75) is 45.1 Å². The maximum atomic E-state index is 13.4. The molecule has 2 aromatic heterocycles. The molecule has 3 heterocycles. The summed E-state index contributed by atoms with van der Waals surface area (Å²) in [4.78, 5) is 26.6. The Bertz CT molecular complexity index is 1110. The third kappa shape index (κ3) is 4.99. The molecule has 1 atom stereocenters. The number of benzene rings is 1. The van der Waals surface area contributed by atoms with Crippen LogP contribution in [0.4, 0.5) is 5.95 Å². The quantitative estimate of drug-likeness (QED) is 0.534. The number of nitrogens with zero attached hydrogens (tertiary/aromatic N) is 5. The predicted molar refractivity (Wildman–Crippen MR) is 126 cm³/mol. The number of carbonyl (C=O) groups excluding carboxylic acids is 1. The summed E-state index contributed by atoms with van der Waals surface area (Å²) >= 11 is 0. The van der Waals surface area contributed by atoms with Crippen LogP contribution in [0.2, 0.25) is 0 Å². The van der Waals surface area contributed by atoms with Crippen LogP contribution in [0.3, 0.4) is 0 Å². The van der Waals surface area contributed by atoms with Crippen molar-refractivity contribution in [1.29, 1.82) is 0 Å². The minimum atomic E-state index is -0.133. The lowest BCUT2D eigenvalue weighted by Gasteiger charge is -2.36. The molecule has 0 spiro atoms. The first-order chi connectivity index (χ1) is 16.0. The second kappa shape index (κ2) is 10.0. The van der Waals surface area contributed by atoms with E-state index >= 15 is 0 Å². The van der Waals surface area contributed by atoms with Crippen molar-refractivity contribution < 1.29 is 14.1 Å². The Balaban J connectivity index is 1.63. The maximum absolute atomic E-state index is 13.4. The largest absolute Gasteiger partial charge is 0.496 e. The molecule has 1 aliphatic rings. The number of likely N-dealkylation sites (tertiary alicyclic amines) is 1. The third-order valence-electron chi connectivity index (χ3n) is 6.04. The van der Waals surface area contributed by atoms with E-state index in [1.54, 1.807) is 13.3 Å². The van der Waals surface area contributed by atoms with E-state index in [-0.39, 0.29) is 11.9 Å². The van der Waals surface area contributed by atoms with E-state index in [0.29, 0.717) is 31.1 Å². The molecule has 174 valence electrons. The number of rotatable bonds is 7. The van der Waals surface area contributed by atoms with Gasteiger partial charge in [-0.15, -0.1) is 0 Å². The zero-order chi connectivity index (χ0) is 23.4. The first-order valence-corrected chi connectivity index (χ1v) is 11.4. The molecule has 4 rings (SSSR count). The van der Waals surface area contributed by atoms with Crippen LogP contribution in [0.5, 0.6) is 5.75 Å². The molecule has 1 unspecified atom stereocenters. The Morgan fingerprint density at radius 2 is 2.09 bits per heavy atom. The Morgan fingerprint density at radius 1 is 1.27 bits per heavy atom. The highest BCUT2D eigenvalue weighted by molar-refractivity contribution is 5.77. The first-order valence-electron chi connectivity index (χ1n) is 11.4. The van der Waals surface area contributed by atoms with E-state index in [0.717, 1.165) is 47.5 Å². The number of methoxy groups -OCH3 is 1. The molecule has 1 aromatic carbocycles. The summed E-state index contributed by atoms with van der Waals surface area (Å²) in [6.45, 7) is 2.60. The maximum Gasteiger partial charge on any atom is 0.225 e. The number of hydrogen-bond donors (Lipinski definition) is 0. The molecule has 8 heteroatoms. The molecule has 1 saturated heterocycles. The highest BCUT2D eigenvalue weighted by Gasteiger charge is 2.32. The number of amides is 1. The summed E-state index contributed by atoms with van der Waals surface area (Å²) in [5.41, 5.74) is 3.43. The smallest absolute Gasteiger partial charge is 0.225 e. The lowest BCUT2D eigenvalue weighted by molar-refractivity contribution is -0.135. The summed E-state index contributed by atoms with van der Waals surface area (Å²) < 4.78 is 11.0. The first kappa shape index (κ1) is 22.8. The van der Waals surface area contributed by atoms with Crippen molar-refractivity contribution in [3.8, 4) is 17.1 Å². The number of hydrogen-bond acceptors (Lipinski definition) is 7. The summed E-state index contributed by atoms with van der Waals surface area (Å²) in [6.07, 6.45) is 5.71. The molecule has 0 saturated carbocycles. The molecule has 1 amide bonds. The Hall–Kier alpha value is -3.42. The van der Waals surface area contributed by atoms with Crippen molar-refractivity contribution >= 4 is 11.9 Å². The number of carbonyl (C=O) groups is 1. The fourth-order valence-corrected chi connectivity index (χ4v) is 4.34. The van der Waals surface area contributed by atoms with Crippen molar-refractivity contribution in [3.05, 3.63) is 53.5 Å². The van der Waals surface area contributed by atoms with Gasteiger partial charge in [-0.05, 0) is 44.2 Å². The van der Waals surface area contributed by atoms with Crippen LogP contribution < -0.4 is 9.64 Å². The van der Waals surface area contributed by atoms with Crippen LogP contribution >= 0.6 is 0 Å². The zero-order valence-corrected chi connectivity index (χ0v) is 19.7. The van der Waals surface area contributed by atoms with E-state index < -0.39 is 0 Å². The normalized spacial score (nSPS) is 16.0. The highest BCUT2D eigenvalue weighted by Crippen LogP contribution is 2.37. The minimum Gasteiger partial charge on any atom is -0.496 e. The molecule has 0 aliphatic carbocycles. The van der Waals surface area contributed by atoms with Gasteiger partial charge >= 0.3 is 0 Å². The number of piperidine rings is 1. The monoisotopic (exact) mass is 449 g/mol. The van der Waals surface area contributed by atoms with Gasteiger partial charge in [-0.25, -0.2) is 9.97 Å². The van der Waals surface area contributed by atoms with Gasteiger partial charge in [0, 0.05) is 39.3 Å². The lowest BCUT2D eigenvalue weighted by Crippen LogP contribution is -2.39. The molecule has 1 fully saturated rings. The SMILES string of the molecule is COc1ccccc1CCC(=O)N1CCCCC1c1nc(N(C)C)ncc1-c1cc(C)no1. The minimum absolute atomic E-state index is 0.121. The molecule has 8 nitrogen and oxygen atoms in total. The van der Waals surface area contributed by atoms with Crippen LogP contribution in [0, 0.1) is 6.92 Å². The summed E-state index contributed by atoms with van der Waals surface area (Å²) in [6, 6.07) is 9.60. The standard InChI is InChI=1S/C25H31N5O3/c1-17-15-22(33-28-17)19-16-26-25(29(2)3)27-24(19)20-10-7-8-14-30(20)23(31)13-12-18-9-5-6-11-21(18)32-4/h5-6,9,11,15-16,20H,7-8,10,12-14H2,1-4H3. The van der Waals surface area contributed by atoms with Crippen LogP contribution in [0.1, 0.15) is 48.7 Å². The fraction of sp³-hybridized carbons (Fsp3) is 0.440. The fourth-order valence-electron chi connectivity index (χ4n) is 4.34. The number of para-hydroxylation sites is 1. The molecule has 1 aliphatic heterocycles. The molecular weight excluding hydrogens is 418 g/mol. The average Bonchev–Trinajstić information content (AvgIpc) is 3.28. The lowest BCUT2D eigenvalue weighted by atomic mass is 9.94. The Labute approximate surface area is 194 Å². The number of aromatic nitrogens is 3. The Morgan fingerprint density at radius 3 is 2.82 bits per heavy atom. The van der Waals surface area contributed by atoms with Gasteiger partial charge < -0.3 is 19.1 Å². The van der Waals surface area contributed by atoms with Crippen molar-refractivity contribution in [2.75, 3.05) is 32.6 Å². The van der Waals surface area contributed by atoms with E-state index in [1.165, 1.54) is 0 Å². The van der Waals surface area contributed by atoms with Gasteiger partial charge in [0.25, 0.3) is 0 Å². The van der Waals surface area contributed by atoms with Crippen LogP contribution in [-0.2, 0) is 11.2 Å². The molecule has 0 N–H and O–H groups in total. The summed E-state index contributed by atoms with van der Waals surface area (Å²) in [7, 11) is 5.48. The molecule has 0 bridgehead atoms. The van der Waals surface area contributed by atoms with E-state index in [2.05, 4.69) is 10.1 Å². The Kier molecular flexibility index (Phi) is 6.91. The highest BCUT2D eigenvalue weighted by atomic mass is 16.5. The van der Waals surface area contributed by atoms with Gasteiger partial charge in [-0.2, -0.15) is 0 Å². The van der Waals surface area contributed by atoms with Crippen LogP contribution in [0.25, 0.3) is 11.3 Å². The molecule has 33 heavy (non-hydrogen) atoms. The second-order valence-corrected chi connectivity index (χ2v) is 8.61. The van der Waals surface area contributed by atoms with Crippen molar-refractivity contribution in [1.82, 2.24) is 20.0 Å². The van der Waals surface area contributed by atoms with Crippen LogP contribution in [-0.4, -0.2) is 53.7 Å². The van der Waals surface area contributed by atoms with Gasteiger partial charge in [-0.1, -0.05) is 23.4 Å². The summed E-state index contributed by atoms with van der Waals surface area (Å²) in [5, 5.41) is 4.04. The van der Waals surface area contributed by atoms with Gasteiger partial charge in [-0.3, -0.25) is 4.79 Å². The molecule has 3 aromatic rings. The molecule has 0 radical (unpaired) electrons. The van der Waals surface area contributed by atoms with E-state index in [9.17, 15) is 4.79 Å². The third-order valence-corrected chi connectivity index (χ3v) is 6.04. The molecular formula is C25H31N5O3. The van der Waals surface area contributed by atoms with E-state index in [4.69, 9.17) is 14.2 Å². The van der Waals surface area contributed by atoms with Crippen LogP contribution in [0.15, 0.2) is 41.1 Å². The zero-order valence-electron chi connectivity index (χ0n) is 19.7. The average molecular weight is 450 g/mol. The number of aryl methyl sites for hydroxylation is 2. The predicted octanol–water partition coefficient (Wildman–Crippen LogP) is 4.20. The topological polar surface area (TPSA) is 84.6 Å². The van der Waals surface area contributed by atoms with Crippen molar-refractivity contribution in [3.63, 3.8) is 0 Å². The second-order valence-electron chi connectivity index (χ2n) is 8.61. The van der Waals surface area contributed by atoms with Gasteiger partial charge in [0.1, 0.15) is 5.75 Å². The van der Waals surface area contributed by atoms with E-state index in [1.807, 2.05) is 61.2 Å². The van der Waals surface area contributed by atoms with Gasteiger partial charge in [0.2, 0.25) is 11.9 Å². The van der Waals surface area contributed by atoms with Gasteiger partial charge in [0.05, 0.1) is 30.1 Å². The van der Waals surface area contributed by atoms with Crippen molar-refractivity contribution in [2.24, 2.45) is 0 Å².